The molecular weight excluding hydrogens is 136 g/mol. The molecule has 0 aliphatic rings. The highest BCUT2D eigenvalue weighted by Crippen LogP contribution is 1.87. The van der Waals surface area contributed by atoms with Gasteiger partial charge in [0.25, 0.3) is 0 Å². The lowest BCUT2D eigenvalue weighted by Gasteiger charge is -1.85. The fraction of sp³-hybridized carbons (Fsp3) is 0.167. The molecule has 4 nitrogen and oxygen atoms in total. The van der Waals surface area contributed by atoms with Crippen LogP contribution in [0.1, 0.15) is 0 Å². The quantitative estimate of drug-likeness (QED) is 0.297. The van der Waals surface area contributed by atoms with Gasteiger partial charge in [0.05, 0.1) is 0 Å². The molecule has 0 bridgehead atoms. The summed E-state index contributed by atoms with van der Waals surface area (Å²) in [5.41, 5.74) is 0. The maximum atomic E-state index is 10.3. The van der Waals surface area contributed by atoms with E-state index in [4.69, 9.17) is 15.3 Å². The second-order valence-electron chi connectivity index (χ2n) is 1.51. The molecule has 0 aromatic rings. The molecule has 0 saturated carbocycles. The van der Waals surface area contributed by atoms with E-state index >= 15 is 0 Å². The number of ketones is 1. The Labute approximate surface area is 57.7 Å². The molecule has 0 aliphatic heterocycles. The standard InChI is InChI=1S/C6H8O4/c7-3-5(9)1-2-6(10)4-8/h1-3,7-9H,4H2/b2-1+,5-3+. The predicted molar refractivity (Wildman–Crippen MR) is 34.6 cm³/mol. The average molecular weight is 144 g/mol. The van der Waals surface area contributed by atoms with E-state index in [-0.39, 0.29) is 0 Å². The van der Waals surface area contributed by atoms with Crippen molar-refractivity contribution in [3.05, 3.63) is 24.2 Å². The number of aliphatic hydroxyl groups is 3. The molecule has 56 valence electrons. The van der Waals surface area contributed by atoms with Gasteiger partial charge in [0.1, 0.15) is 18.6 Å². The lowest BCUT2D eigenvalue weighted by Crippen LogP contribution is -1.97. The smallest absolute Gasteiger partial charge is 0.181 e. The zero-order valence-corrected chi connectivity index (χ0v) is 5.19. The first kappa shape index (κ1) is 8.71. The first-order valence-electron chi connectivity index (χ1n) is 2.56. The van der Waals surface area contributed by atoms with Crippen LogP contribution in [0.3, 0.4) is 0 Å². The summed E-state index contributed by atoms with van der Waals surface area (Å²) in [7, 11) is 0. The van der Waals surface area contributed by atoms with Crippen molar-refractivity contribution in [2.75, 3.05) is 6.61 Å². The molecule has 0 amide bonds. The van der Waals surface area contributed by atoms with Crippen LogP contribution in [-0.4, -0.2) is 27.7 Å². The van der Waals surface area contributed by atoms with Crippen molar-refractivity contribution in [3.63, 3.8) is 0 Å². The van der Waals surface area contributed by atoms with E-state index in [9.17, 15) is 4.79 Å². The fourth-order valence-electron chi connectivity index (χ4n) is 0.274. The van der Waals surface area contributed by atoms with E-state index in [0.717, 1.165) is 12.2 Å². The molecule has 4 heteroatoms. The number of hydrogen-bond acceptors (Lipinski definition) is 4. The van der Waals surface area contributed by atoms with E-state index < -0.39 is 18.1 Å². The molecule has 0 fully saturated rings. The van der Waals surface area contributed by atoms with Crippen LogP contribution in [0.15, 0.2) is 24.2 Å². The Morgan fingerprint density at radius 3 is 2.40 bits per heavy atom. The number of allylic oxidation sites excluding steroid dienone is 1. The number of carbonyl (C=O) groups excluding carboxylic acids is 1. The molecule has 0 aromatic heterocycles. The molecule has 0 heterocycles. The lowest BCUT2D eigenvalue weighted by atomic mass is 10.3. The SMILES string of the molecule is O=C(/C=C/C(O)=C\O)CO. The maximum Gasteiger partial charge on any atom is 0.181 e. The van der Waals surface area contributed by atoms with Crippen LogP contribution in [0.25, 0.3) is 0 Å². The monoisotopic (exact) mass is 144 g/mol. The van der Waals surface area contributed by atoms with Crippen molar-refractivity contribution in [1.82, 2.24) is 0 Å². The van der Waals surface area contributed by atoms with Gasteiger partial charge in [0.2, 0.25) is 0 Å². The number of carbonyl (C=O) groups is 1. The van der Waals surface area contributed by atoms with Crippen molar-refractivity contribution in [2.24, 2.45) is 0 Å². The van der Waals surface area contributed by atoms with Gasteiger partial charge in [0, 0.05) is 0 Å². The maximum absolute atomic E-state index is 10.3. The topological polar surface area (TPSA) is 77.8 Å². The Kier molecular flexibility index (Phi) is 3.99. The van der Waals surface area contributed by atoms with Gasteiger partial charge in [-0.25, -0.2) is 0 Å². The summed E-state index contributed by atoms with van der Waals surface area (Å²) in [6.07, 6.45) is 2.39. The third-order valence-electron chi connectivity index (χ3n) is 0.728. The van der Waals surface area contributed by atoms with Crippen LogP contribution < -0.4 is 0 Å². The lowest BCUT2D eigenvalue weighted by molar-refractivity contribution is -0.117. The second-order valence-corrected chi connectivity index (χ2v) is 1.51. The first-order chi connectivity index (χ1) is 4.70. The second kappa shape index (κ2) is 4.58. The van der Waals surface area contributed by atoms with E-state index in [2.05, 4.69) is 0 Å². The van der Waals surface area contributed by atoms with Crippen molar-refractivity contribution < 1.29 is 20.1 Å². The fourth-order valence-corrected chi connectivity index (χ4v) is 0.274. The molecule has 0 spiro atoms. The molecule has 0 unspecified atom stereocenters. The summed E-state index contributed by atoms with van der Waals surface area (Å²) in [5.74, 6) is -0.963. The van der Waals surface area contributed by atoms with Gasteiger partial charge in [-0.05, 0) is 12.2 Å². The van der Waals surface area contributed by atoms with Crippen LogP contribution in [0.5, 0.6) is 0 Å². The van der Waals surface area contributed by atoms with Crippen LogP contribution in [-0.2, 0) is 4.79 Å². The largest absolute Gasteiger partial charge is 0.512 e. The van der Waals surface area contributed by atoms with Gasteiger partial charge >= 0.3 is 0 Å². The van der Waals surface area contributed by atoms with E-state index in [1.54, 1.807) is 0 Å². The number of hydrogen-bond donors (Lipinski definition) is 3. The van der Waals surface area contributed by atoms with Crippen molar-refractivity contribution >= 4 is 5.78 Å². The highest BCUT2D eigenvalue weighted by atomic mass is 16.3. The molecule has 0 saturated heterocycles. The van der Waals surface area contributed by atoms with E-state index in [0.29, 0.717) is 6.26 Å². The van der Waals surface area contributed by atoms with Crippen LogP contribution >= 0.6 is 0 Å². The molecule has 0 aromatic carbocycles. The van der Waals surface area contributed by atoms with Crippen molar-refractivity contribution in [2.45, 2.75) is 0 Å². The molecule has 0 aliphatic carbocycles. The summed E-state index contributed by atoms with van der Waals surface area (Å²) >= 11 is 0. The van der Waals surface area contributed by atoms with Crippen LogP contribution in [0.2, 0.25) is 0 Å². The minimum absolute atomic E-state index is 0.429. The van der Waals surface area contributed by atoms with Crippen molar-refractivity contribution in [3.8, 4) is 0 Å². The molecule has 0 atom stereocenters. The molecule has 0 radical (unpaired) electrons. The zero-order valence-electron chi connectivity index (χ0n) is 5.19. The number of aliphatic hydroxyl groups excluding tert-OH is 3. The Hall–Kier alpha value is -1.29. The van der Waals surface area contributed by atoms with Gasteiger partial charge < -0.3 is 15.3 Å². The minimum atomic E-state index is -0.602. The van der Waals surface area contributed by atoms with Gasteiger partial charge in [-0.3, -0.25) is 4.79 Å². The third-order valence-corrected chi connectivity index (χ3v) is 0.728. The van der Waals surface area contributed by atoms with Gasteiger partial charge in [-0.15, -0.1) is 0 Å². The van der Waals surface area contributed by atoms with Crippen LogP contribution in [0, 0.1) is 0 Å². The highest BCUT2D eigenvalue weighted by molar-refractivity contribution is 5.90. The molecule has 3 N–H and O–H groups in total. The highest BCUT2D eigenvalue weighted by Gasteiger charge is 1.90. The van der Waals surface area contributed by atoms with Crippen LogP contribution in [0.4, 0.5) is 0 Å². The summed E-state index contributed by atoms with van der Waals surface area (Å²) in [5, 5.41) is 24.7. The summed E-state index contributed by atoms with van der Waals surface area (Å²) < 4.78 is 0. The van der Waals surface area contributed by atoms with Crippen molar-refractivity contribution in [1.29, 1.82) is 0 Å². The summed E-state index contributed by atoms with van der Waals surface area (Å²) in [4.78, 5) is 10.3. The Bertz CT molecular complexity index is 169. The third kappa shape index (κ3) is 3.68. The Morgan fingerprint density at radius 2 is 2.00 bits per heavy atom. The molecule has 10 heavy (non-hydrogen) atoms. The average Bonchev–Trinajstić information content (AvgIpc) is 1.99. The summed E-state index contributed by atoms with van der Waals surface area (Å²) in [6.45, 7) is -0.602. The molecular formula is C6H8O4. The zero-order chi connectivity index (χ0) is 7.98. The van der Waals surface area contributed by atoms with E-state index in [1.807, 2.05) is 0 Å². The minimum Gasteiger partial charge on any atom is -0.512 e. The Morgan fingerprint density at radius 1 is 1.40 bits per heavy atom. The first-order valence-corrected chi connectivity index (χ1v) is 2.56. The van der Waals surface area contributed by atoms with Gasteiger partial charge in [0.15, 0.2) is 5.78 Å². The Balaban J connectivity index is 3.88. The normalized spacial score (nSPS) is 12.3. The van der Waals surface area contributed by atoms with Gasteiger partial charge in [-0.1, -0.05) is 0 Å². The number of rotatable bonds is 3. The summed E-state index contributed by atoms with van der Waals surface area (Å²) in [6, 6.07) is 0. The van der Waals surface area contributed by atoms with Gasteiger partial charge in [-0.2, -0.15) is 0 Å². The van der Waals surface area contributed by atoms with E-state index in [1.165, 1.54) is 0 Å². The molecule has 0 rings (SSSR count). The predicted octanol–water partition coefficient (Wildman–Crippen LogP) is 0.0614.